The van der Waals surface area contributed by atoms with Crippen LogP contribution in [0, 0.1) is 5.92 Å². The van der Waals surface area contributed by atoms with Gasteiger partial charge >= 0.3 is 0 Å². The van der Waals surface area contributed by atoms with E-state index in [1.54, 1.807) is 0 Å². The lowest BCUT2D eigenvalue weighted by Crippen LogP contribution is -2.26. The highest BCUT2D eigenvalue weighted by molar-refractivity contribution is 5.85. The van der Waals surface area contributed by atoms with E-state index < -0.39 is 0 Å². The Morgan fingerprint density at radius 3 is 2.16 bits per heavy atom. The summed E-state index contributed by atoms with van der Waals surface area (Å²) >= 11 is 0. The van der Waals surface area contributed by atoms with E-state index in [-0.39, 0.29) is 24.8 Å². The van der Waals surface area contributed by atoms with Gasteiger partial charge in [0.1, 0.15) is 0 Å². The van der Waals surface area contributed by atoms with Crippen molar-refractivity contribution < 1.29 is 0 Å². The first-order valence-electron chi connectivity index (χ1n) is 6.42. The zero-order valence-electron chi connectivity index (χ0n) is 11.6. The third kappa shape index (κ3) is 5.85. The Bertz CT molecular complexity index is 368. The predicted molar refractivity (Wildman–Crippen MR) is 89.9 cm³/mol. The molecule has 4 heteroatoms. The summed E-state index contributed by atoms with van der Waals surface area (Å²) in [6, 6.07) is 8.71. The van der Waals surface area contributed by atoms with Crippen LogP contribution in [-0.4, -0.2) is 27.2 Å². The van der Waals surface area contributed by atoms with Gasteiger partial charge in [0.2, 0.25) is 0 Å². The highest BCUT2D eigenvalue weighted by atomic mass is 35.5. The first-order chi connectivity index (χ1) is 8.25. The van der Waals surface area contributed by atoms with E-state index in [1.807, 2.05) is 0 Å². The Labute approximate surface area is 129 Å². The topological polar surface area (TPSA) is 15.3 Å². The Balaban J connectivity index is 0.00000162. The summed E-state index contributed by atoms with van der Waals surface area (Å²) in [6.45, 7) is 2.32. The van der Waals surface area contributed by atoms with E-state index in [9.17, 15) is 0 Å². The maximum Gasteiger partial charge on any atom is 0.0361 e. The SMILES string of the molecule is CN(C)c1ccc(/C=C/C2CCNCC2)cc1.Cl.Cl. The molecule has 1 N–H and O–H groups in total. The largest absolute Gasteiger partial charge is 0.378 e. The monoisotopic (exact) mass is 302 g/mol. The quantitative estimate of drug-likeness (QED) is 0.917. The molecule has 1 aromatic rings. The molecule has 0 saturated carbocycles. The number of hydrogen-bond acceptors (Lipinski definition) is 2. The summed E-state index contributed by atoms with van der Waals surface area (Å²) in [5.74, 6) is 0.754. The molecule has 1 aliphatic rings. The lowest BCUT2D eigenvalue weighted by Gasteiger charge is -2.19. The standard InChI is InChI=1S/C15H22N2.2ClH/c1-17(2)15-7-5-13(6-8-15)3-4-14-9-11-16-12-10-14;;/h3-8,14,16H,9-12H2,1-2H3;2*1H/b4-3+;;. The molecule has 1 fully saturated rings. The number of hydrogen-bond donors (Lipinski definition) is 1. The second kappa shape index (κ2) is 9.24. The third-order valence-corrected chi connectivity index (χ3v) is 3.35. The number of rotatable bonds is 3. The number of anilines is 1. The van der Waals surface area contributed by atoms with Crippen LogP contribution >= 0.6 is 24.8 Å². The molecule has 0 aliphatic carbocycles. The lowest BCUT2D eigenvalue weighted by atomic mass is 9.97. The molecular formula is C15H24Cl2N2. The van der Waals surface area contributed by atoms with Crippen LogP contribution in [0.4, 0.5) is 5.69 Å². The van der Waals surface area contributed by atoms with Gasteiger partial charge in [0.05, 0.1) is 0 Å². The van der Waals surface area contributed by atoms with Crippen LogP contribution < -0.4 is 10.2 Å². The number of nitrogens with one attached hydrogen (secondary N) is 1. The maximum atomic E-state index is 3.39. The second-order valence-electron chi connectivity index (χ2n) is 4.93. The minimum atomic E-state index is 0. The van der Waals surface area contributed by atoms with Gasteiger partial charge in [-0.25, -0.2) is 0 Å². The fraction of sp³-hybridized carbons (Fsp3) is 0.467. The van der Waals surface area contributed by atoms with Crippen molar-refractivity contribution in [3.8, 4) is 0 Å². The molecule has 108 valence electrons. The van der Waals surface area contributed by atoms with E-state index in [2.05, 4.69) is 60.7 Å². The summed E-state index contributed by atoms with van der Waals surface area (Å²) in [7, 11) is 4.14. The van der Waals surface area contributed by atoms with Gasteiger partial charge in [0.15, 0.2) is 0 Å². The van der Waals surface area contributed by atoms with Crippen LogP contribution in [0.2, 0.25) is 0 Å². The zero-order valence-corrected chi connectivity index (χ0v) is 13.3. The van der Waals surface area contributed by atoms with E-state index in [1.165, 1.54) is 24.1 Å². The molecule has 0 radical (unpaired) electrons. The van der Waals surface area contributed by atoms with E-state index in [0.29, 0.717) is 0 Å². The Morgan fingerprint density at radius 1 is 1.05 bits per heavy atom. The molecule has 1 aromatic carbocycles. The summed E-state index contributed by atoms with van der Waals surface area (Å²) in [6.07, 6.45) is 7.17. The van der Waals surface area contributed by atoms with E-state index >= 15 is 0 Å². The van der Waals surface area contributed by atoms with Crippen molar-refractivity contribution in [2.24, 2.45) is 5.92 Å². The maximum absolute atomic E-state index is 3.39. The number of allylic oxidation sites excluding steroid dienone is 1. The lowest BCUT2D eigenvalue weighted by molar-refractivity contribution is 0.438. The average molecular weight is 303 g/mol. The molecule has 0 atom stereocenters. The van der Waals surface area contributed by atoms with Crippen molar-refractivity contribution in [1.29, 1.82) is 0 Å². The summed E-state index contributed by atoms with van der Waals surface area (Å²) in [4.78, 5) is 2.13. The average Bonchev–Trinajstić information content (AvgIpc) is 2.38. The molecule has 1 heterocycles. The summed E-state index contributed by atoms with van der Waals surface area (Å²) < 4.78 is 0. The van der Waals surface area contributed by atoms with Crippen molar-refractivity contribution in [1.82, 2.24) is 5.32 Å². The molecule has 2 rings (SSSR count). The molecule has 0 bridgehead atoms. The van der Waals surface area contributed by atoms with Gasteiger partial charge in [-0.2, -0.15) is 0 Å². The normalized spacial score (nSPS) is 15.7. The van der Waals surface area contributed by atoms with Gasteiger partial charge in [0.25, 0.3) is 0 Å². The fourth-order valence-corrected chi connectivity index (χ4v) is 2.17. The van der Waals surface area contributed by atoms with Crippen LogP contribution in [0.5, 0.6) is 0 Å². The first kappa shape index (κ1) is 18.3. The van der Waals surface area contributed by atoms with Crippen molar-refractivity contribution in [2.75, 3.05) is 32.1 Å². The minimum Gasteiger partial charge on any atom is -0.378 e. The van der Waals surface area contributed by atoms with Crippen LogP contribution in [0.1, 0.15) is 18.4 Å². The number of piperidine rings is 1. The molecular weight excluding hydrogens is 279 g/mol. The molecule has 19 heavy (non-hydrogen) atoms. The van der Waals surface area contributed by atoms with Crippen LogP contribution in [-0.2, 0) is 0 Å². The zero-order chi connectivity index (χ0) is 12.1. The summed E-state index contributed by atoms with van der Waals surface area (Å²) in [5.41, 5.74) is 2.55. The van der Waals surface area contributed by atoms with E-state index in [4.69, 9.17) is 0 Å². The highest BCUT2D eigenvalue weighted by Gasteiger charge is 2.08. The van der Waals surface area contributed by atoms with Crippen LogP contribution in [0.25, 0.3) is 6.08 Å². The smallest absolute Gasteiger partial charge is 0.0361 e. The Morgan fingerprint density at radius 2 is 1.63 bits per heavy atom. The van der Waals surface area contributed by atoms with Gasteiger partial charge in [-0.15, -0.1) is 24.8 Å². The summed E-state index contributed by atoms with van der Waals surface area (Å²) in [5, 5.41) is 3.39. The second-order valence-corrected chi connectivity index (χ2v) is 4.93. The van der Waals surface area contributed by atoms with Gasteiger partial charge in [0, 0.05) is 19.8 Å². The van der Waals surface area contributed by atoms with Crippen molar-refractivity contribution in [3.63, 3.8) is 0 Å². The molecule has 0 unspecified atom stereocenters. The fourth-order valence-electron chi connectivity index (χ4n) is 2.17. The van der Waals surface area contributed by atoms with Crippen LogP contribution in [0.3, 0.4) is 0 Å². The molecule has 1 aliphatic heterocycles. The van der Waals surface area contributed by atoms with Gasteiger partial charge in [-0.3, -0.25) is 0 Å². The van der Waals surface area contributed by atoms with Crippen molar-refractivity contribution in [2.45, 2.75) is 12.8 Å². The number of benzene rings is 1. The van der Waals surface area contributed by atoms with Gasteiger partial charge in [-0.1, -0.05) is 24.3 Å². The Hall–Kier alpha value is -0.700. The number of nitrogens with zero attached hydrogens (tertiary/aromatic N) is 1. The molecule has 0 spiro atoms. The van der Waals surface area contributed by atoms with Crippen molar-refractivity contribution in [3.05, 3.63) is 35.9 Å². The number of halogens is 2. The van der Waals surface area contributed by atoms with Crippen LogP contribution in [0.15, 0.2) is 30.3 Å². The predicted octanol–water partition coefficient (Wildman–Crippen LogP) is 3.61. The first-order valence-corrected chi connectivity index (χ1v) is 6.42. The minimum absolute atomic E-state index is 0. The molecule has 0 amide bonds. The van der Waals surface area contributed by atoms with Gasteiger partial charge < -0.3 is 10.2 Å². The molecule has 1 saturated heterocycles. The van der Waals surface area contributed by atoms with Gasteiger partial charge in [-0.05, 0) is 49.5 Å². The highest BCUT2D eigenvalue weighted by Crippen LogP contribution is 2.17. The van der Waals surface area contributed by atoms with Crippen molar-refractivity contribution >= 4 is 36.6 Å². The third-order valence-electron chi connectivity index (χ3n) is 3.35. The Kier molecular flexibility index (Phi) is 8.90. The molecule has 2 nitrogen and oxygen atoms in total. The van der Waals surface area contributed by atoms with E-state index in [0.717, 1.165) is 19.0 Å². The molecule has 0 aromatic heterocycles.